The lowest BCUT2D eigenvalue weighted by Crippen LogP contribution is -2.49. The van der Waals surface area contributed by atoms with Crippen molar-refractivity contribution in [2.75, 3.05) is 39.9 Å². The van der Waals surface area contributed by atoms with Crippen molar-refractivity contribution in [3.05, 3.63) is 0 Å². The zero-order chi connectivity index (χ0) is 31.8. The molecule has 0 aliphatic carbocycles. The standard InChI is InChI=1S/C26H49N7O9/c1-6-7-8-11-14-28-20(34)32-22(36)33-21(35)29-15-12-9-10-13-16-30-24(38)41-18-19(17-40-23(37)27-5)31-25(39)42-26(2,3)4/h19H,6-18H2,1-5H3,(H,27,37)(H,30,38)(H,31,39)(H4,28,29,32,33,34,35,36). The molecular weight excluding hydrogens is 554 g/mol. The Morgan fingerprint density at radius 1 is 0.619 bits per heavy atom. The van der Waals surface area contributed by atoms with Crippen molar-refractivity contribution in [2.24, 2.45) is 0 Å². The van der Waals surface area contributed by atoms with Gasteiger partial charge in [-0.25, -0.2) is 28.8 Å². The Balaban J connectivity index is 4.02. The molecular formula is C26H49N7O9. The average Bonchev–Trinajstić information content (AvgIpc) is 2.90. The molecule has 0 aliphatic heterocycles. The first-order valence-electron chi connectivity index (χ1n) is 14.2. The van der Waals surface area contributed by atoms with Crippen molar-refractivity contribution in [1.82, 2.24) is 37.2 Å². The highest BCUT2D eigenvalue weighted by Gasteiger charge is 2.22. The van der Waals surface area contributed by atoms with E-state index < -0.39 is 48.0 Å². The summed E-state index contributed by atoms with van der Waals surface area (Å²) in [5.41, 5.74) is -0.736. The second-order valence-corrected chi connectivity index (χ2v) is 10.3. The fourth-order valence-electron chi connectivity index (χ4n) is 3.16. The minimum atomic E-state index is -0.914. The van der Waals surface area contributed by atoms with Crippen LogP contribution < -0.4 is 37.2 Å². The van der Waals surface area contributed by atoms with E-state index in [0.29, 0.717) is 32.5 Å². The van der Waals surface area contributed by atoms with E-state index in [9.17, 15) is 28.8 Å². The maximum atomic E-state index is 12.0. The predicted octanol–water partition coefficient (Wildman–Crippen LogP) is 2.82. The molecule has 0 aromatic carbocycles. The first-order valence-corrected chi connectivity index (χ1v) is 14.2. The van der Waals surface area contributed by atoms with E-state index in [1.165, 1.54) is 7.05 Å². The lowest BCUT2D eigenvalue weighted by Gasteiger charge is -2.23. The van der Waals surface area contributed by atoms with Crippen LogP contribution in [0.2, 0.25) is 0 Å². The number of hydrogen-bond acceptors (Lipinski definition) is 9. The fraction of sp³-hybridized carbons (Fsp3) is 0.769. The molecule has 0 rings (SSSR count). The summed E-state index contributed by atoms with van der Waals surface area (Å²) in [7, 11) is 1.39. The Morgan fingerprint density at radius 2 is 1.10 bits per heavy atom. The maximum absolute atomic E-state index is 12.0. The molecule has 242 valence electrons. The number of urea groups is 3. The van der Waals surface area contributed by atoms with Gasteiger partial charge in [0.1, 0.15) is 24.9 Å². The first kappa shape index (κ1) is 38.0. The molecule has 0 spiro atoms. The topological polar surface area (TPSA) is 214 Å². The molecule has 0 aromatic heterocycles. The lowest BCUT2D eigenvalue weighted by atomic mass is 10.2. The monoisotopic (exact) mass is 603 g/mol. The molecule has 1 atom stereocenters. The summed E-state index contributed by atoms with van der Waals surface area (Å²) in [6.45, 7) is 7.79. The summed E-state index contributed by atoms with van der Waals surface area (Å²) in [4.78, 5) is 70.4. The summed E-state index contributed by atoms with van der Waals surface area (Å²) in [5, 5.41) is 16.5. The van der Waals surface area contributed by atoms with Crippen LogP contribution in [0.3, 0.4) is 0 Å². The number of hydrogen-bond donors (Lipinski definition) is 7. The molecule has 0 saturated heterocycles. The number of rotatable bonds is 17. The van der Waals surface area contributed by atoms with E-state index in [1.54, 1.807) is 20.8 Å². The molecule has 0 fully saturated rings. The summed E-state index contributed by atoms with van der Waals surface area (Å²) in [5.74, 6) is 0. The van der Waals surface area contributed by atoms with Gasteiger partial charge in [-0.1, -0.05) is 39.0 Å². The Bertz CT molecular complexity index is 850. The predicted molar refractivity (Wildman–Crippen MR) is 154 cm³/mol. The van der Waals surface area contributed by atoms with E-state index in [-0.39, 0.29) is 13.2 Å². The second kappa shape index (κ2) is 22.7. The van der Waals surface area contributed by atoms with Gasteiger partial charge in [0.15, 0.2) is 0 Å². The highest BCUT2D eigenvalue weighted by Crippen LogP contribution is 2.07. The molecule has 16 heteroatoms. The van der Waals surface area contributed by atoms with Crippen molar-refractivity contribution in [1.29, 1.82) is 0 Å². The molecule has 0 aliphatic rings. The highest BCUT2D eigenvalue weighted by atomic mass is 16.6. The number of imide groups is 2. The third-order valence-electron chi connectivity index (χ3n) is 5.18. The van der Waals surface area contributed by atoms with E-state index in [2.05, 4.69) is 33.5 Å². The average molecular weight is 604 g/mol. The van der Waals surface area contributed by atoms with Crippen molar-refractivity contribution in [3.8, 4) is 0 Å². The molecule has 7 N–H and O–H groups in total. The Labute approximate surface area is 247 Å². The van der Waals surface area contributed by atoms with Gasteiger partial charge in [-0.15, -0.1) is 0 Å². The van der Waals surface area contributed by atoms with E-state index in [1.807, 2.05) is 10.6 Å². The Hall–Kier alpha value is -3.98. The van der Waals surface area contributed by atoms with Gasteiger partial charge in [-0.2, -0.15) is 0 Å². The summed E-state index contributed by atoms with van der Waals surface area (Å²) >= 11 is 0. The highest BCUT2D eigenvalue weighted by molar-refractivity contribution is 6.01. The van der Waals surface area contributed by atoms with Gasteiger partial charge in [-0.3, -0.25) is 10.6 Å². The molecule has 0 saturated carbocycles. The van der Waals surface area contributed by atoms with Crippen molar-refractivity contribution in [2.45, 2.75) is 90.7 Å². The van der Waals surface area contributed by atoms with Gasteiger partial charge >= 0.3 is 36.4 Å². The molecule has 0 radical (unpaired) electrons. The minimum absolute atomic E-state index is 0.239. The quantitative estimate of drug-likeness (QED) is 0.0960. The zero-order valence-electron chi connectivity index (χ0n) is 25.4. The van der Waals surface area contributed by atoms with Gasteiger partial charge in [0.05, 0.1) is 0 Å². The van der Waals surface area contributed by atoms with E-state index in [0.717, 1.165) is 38.5 Å². The van der Waals surface area contributed by atoms with Gasteiger partial charge in [-0.05, 0) is 40.0 Å². The van der Waals surface area contributed by atoms with Crippen LogP contribution in [0.5, 0.6) is 0 Å². The summed E-state index contributed by atoms with van der Waals surface area (Å²) in [6, 6.07) is -3.12. The van der Waals surface area contributed by atoms with Crippen molar-refractivity contribution < 1.29 is 43.0 Å². The summed E-state index contributed by atoms with van der Waals surface area (Å²) < 4.78 is 15.2. The van der Waals surface area contributed by atoms with Crippen LogP contribution in [-0.4, -0.2) is 87.9 Å². The maximum Gasteiger partial charge on any atom is 0.408 e. The van der Waals surface area contributed by atoms with Crippen LogP contribution in [0.1, 0.15) is 79.1 Å². The number of nitrogens with one attached hydrogen (secondary N) is 7. The smallest absolute Gasteiger partial charge is 0.408 e. The van der Waals surface area contributed by atoms with Gasteiger partial charge in [0.25, 0.3) is 0 Å². The van der Waals surface area contributed by atoms with Crippen molar-refractivity contribution >= 4 is 36.4 Å². The number of alkyl carbamates (subject to hydrolysis) is 3. The molecule has 9 amide bonds. The van der Waals surface area contributed by atoms with Crippen LogP contribution in [0.25, 0.3) is 0 Å². The van der Waals surface area contributed by atoms with Crippen LogP contribution >= 0.6 is 0 Å². The number of amides is 9. The number of ether oxygens (including phenoxy) is 3. The Kier molecular flexibility index (Phi) is 20.5. The third-order valence-corrected chi connectivity index (χ3v) is 5.18. The second-order valence-electron chi connectivity index (χ2n) is 10.3. The van der Waals surface area contributed by atoms with Gasteiger partial charge in [0, 0.05) is 26.7 Å². The molecule has 16 nitrogen and oxygen atoms in total. The normalized spacial score (nSPS) is 11.3. The Morgan fingerprint density at radius 3 is 1.57 bits per heavy atom. The number of unbranched alkanes of at least 4 members (excludes halogenated alkanes) is 6. The zero-order valence-corrected chi connectivity index (χ0v) is 25.4. The number of carbonyl (C=O) groups excluding carboxylic acids is 6. The lowest BCUT2D eigenvalue weighted by molar-refractivity contribution is 0.0416. The molecule has 42 heavy (non-hydrogen) atoms. The third kappa shape index (κ3) is 23.9. The summed E-state index contributed by atoms with van der Waals surface area (Å²) in [6.07, 6.45) is 4.61. The van der Waals surface area contributed by atoms with E-state index in [4.69, 9.17) is 14.2 Å². The van der Waals surface area contributed by atoms with Crippen LogP contribution in [0.4, 0.5) is 28.8 Å². The molecule has 1 unspecified atom stereocenters. The van der Waals surface area contributed by atoms with Gasteiger partial charge in [0.2, 0.25) is 0 Å². The van der Waals surface area contributed by atoms with Crippen LogP contribution in [-0.2, 0) is 14.2 Å². The van der Waals surface area contributed by atoms with Crippen molar-refractivity contribution in [3.63, 3.8) is 0 Å². The first-order chi connectivity index (χ1) is 19.9. The largest absolute Gasteiger partial charge is 0.447 e. The fourth-order valence-corrected chi connectivity index (χ4v) is 3.16. The van der Waals surface area contributed by atoms with Crippen LogP contribution in [0.15, 0.2) is 0 Å². The minimum Gasteiger partial charge on any atom is -0.447 e. The van der Waals surface area contributed by atoms with E-state index >= 15 is 0 Å². The number of carbonyl (C=O) groups is 6. The van der Waals surface area contributed by atoms with Crippen LogP contribution in [0, 0.1) is 0 Å². The molecule has 0 bridgehead atoms. The molecule has 0 aromatic rings. The SMILES string of the molecule is CCCCCCNC(=O)NC(=O)NC(=O)NCCCCCCNC(=O)OCC(COC(=O)NC)NC(=O)OC(C)(C)C. The molecule has 0 heterocycles. The van der Waals surface area contributed by atoms with Gasteiger partial charge < -0.3 is 40.8 Å².